The first-order valence-corrected chi connectivity index (χ1v) is 9.10. The average molecular weight is 380 g/mol. The number of aromatic nitrogens is 4. The molecule has 0 atom stereocenters. The third-order valence-electron chi connectivity index (χ3n) is 4.01. The van der Waals surface area contributed by atoms with Gasteiger partial charge < -0.3 is 9.47 Å². The quantitative estimate of drug-likeness (QED) is 0.493. The Balaban J connectivity index is 1.52. The van der Waals surface area contributed by atoms with Crippen molar-refractivity contribution in [1.29, 1.82) is 0 Å². The van der Waals surface area contributed by atoms with Crippen LogP contribution in [0.15, 0.2) is 48.1 Å². The van der Waals surface area contributed by atoms with Gasteiger partial charge in [0.2, 0.25) is 0 Å². The van der Waals surface area contributed by atoms with Gasteiger partial charge in [0.15, 0.2) is 5.65 Å². The zero-order valence-corrected chi connectivity index (χ0v) is 15.6. The molecule has 0 N–H and O–H groups in total. The number of methoxy groups -OCH3 is 1. The highest BCUT2D eigenvalue weighted by molar-refractivity contribution is 7.13. The maximum atomic E-state index is 12.5. The molecule has 0 spiro atoms. The lowest BCUT2D eigenvalue weighted by atomic mass is 10.2. The van der Waals surface area contributed by atoms with Gasteiger partial charge in [-0.25, -0.2) is 19.3 Å². The number of esters is 1. The van der Waals surface area contributed by atoms with E-state index in [2.05, 4.69) is 15.1 Å². The summed E-state index contributed by atoms with van der Waals surface area (Å²) in [6.07, 6.45) is 3.36. The van der Waals surface area contributed by atoms with E-state index in [4.69, 9.17) is 9.47 Å². The Morgan fingerprint density at radius 2 is 2.11 bits per heavy atom. The zero-order valence-electron chi connectivity index (χ0n) is 14.7. The second-order valence-electron chi connectivity index (χ2n) is 5.77. The van der Waals surface area contributed by atoms with Crippen molar-refractivity contribution < 1.29 is 14.3 Å². The molecule has 0 aliphatic rings. The van der Waals surface area contributed by atoms with Gasteiger partial charge in [0.25, 0.3) is 0 Å². The summed E-state index contributed by atoms with van der Waals surface area (Å²) in [5.41, 5.74) is 3.01. The van der Waals surface area contributed by atoms with Crippen LogP contribution >= 0.6 is 11.3 Å². The highest BCUT2D eigenvalue weighted by atomic mass is 32.1. The van der Waals surface area contributed by atoms with Crippen molar-refractivity contribution in [3.05, 3.63) is 65.1 Å². The fraction of sp³-hybridized carbons (Fsp3) is 0.158. The number of benzene rings is 1. The standard InChI is InChI=1S/C19H16N4O3S/c1-12-16(17-20-8-5-9-23(17)22-12)19(24)26-10-13-11-27-18(21-13)14-6-3-4-7-15(14)25-2/h3-9,11H,10H2,1-2H3. The van der Waals surface area contributed by atoms with Crippen molar-refractivity contribution in [2.75, 3.05) is 7.11 Å². The van der Waals surface area contributed by atoms with Crippen molar-refractivity contribution >= 4 is 23.0 Å². The summed E-state index contributed by atoms with van der Waals surface area (Å²) in [5, 5.41) is 6.96. The van der Waals surface area contributed by atoms with E-state index < -0.39 is 5.97 Å². The molecule has 7 nitrogen and oxygen atoms in total. The Morgan fingerprint density at radius 1 is 1.26 bits per heavy atom. The number of ether oxygens (including phenoxy) is 2. The van der Waals surface area contributed by atoms with Crippen LogP contribution in [0.5, 0.6) is 5.75 Å². The Morgan fingerprint density at radius 3 is 2.96 bits per heavy atom. The van der Waals surface area contributed by atoms with Crippen LogP contribution in [0.1, 0.15) is 21.7 Å². The van der Waals surface area contributed by atoms with Crippen LogP contribution in [0, 0.1) is 6.92 Å². The predicted molar refractivity (Wildman–Crippen MR) is 101 cm³/mol. The Bertz CT molecular complexity index is 1120. The van der Waals surface area contributed by atoms with Crippen molar-refractivity contribution in [2.45, 2.75) is 13.5 Å². The summed E-state index contributed by atoms with van der Waals surface area (Å²) in [4.78, 5) is 21.3. The van der Waals surface area contributed by atoms with Crippen molar-refractivity contribution in [3.8, 4) is 16.3 Å². The molecule has 4 rings (SSSR count). The van der Waals surface area contributed by atoms with E-state index in [1.165, 1.54) is 11.3 Å². The fourth-order valence-electron chi connectivity index (χ4n) is 2.77. The number of fused-ring (bicyclic) bond motifs is 1. The van der Waals surface area contributed by atoms with Crippen LogP contribution in [0.4, 0.5) is 0 Å². The molecule has 0 aliphatic carbocycles. The molecule has 27 heavy (non-hydrogen) atoms. The van der Waals surface area contributed by atoms with Crippen molar-refractivity contribution in [1.82, 2.24) is 19.6 Å². The van der Waals surface area contributed by atoms with Gasteiger partial charge in [-0.15, -0.1) is 11.3 Å². The van der Waals surface area contributed by atoms with Crippen LogP contribution in [0.3, 0.4) is 0 Å². The van der Waals surface area contributed by atoms with E-state index in [9.17, 15) is 4.79 Å². The number of rotatable bonds is 5. The number of para-hydroxylation sites is 1. The molecular formula is C19H16N4O3S. The first-order chi connectivity index (χ1) is 13.2. The molecule has 1 aromatic carbocycles. The summed E-state index contributed by atoms with van der Waals surface area (Å²) in [7, 11) is 1.63. The Kier molecular flexibility index (Phi) is 4.55. The fourth-order valence-corrected chi connectivity index (χ4v) is 3.60. The summed E-state index contributed by atoms with van der Waals surface area (Å²) < 4.78 is 12.4. The van der Waals surface area contributed by atoms with Crippen molar-refractivity contribution in [3.63, 3.8) is 0 Å². The van der Waals surface area contributed by atoms with Gasteiger partial charge in [-0.3, -0.25) is 0 Å². The van der Waals surface area contributed by atoms with E-state index >= 15 is 0 Å². The second kappa shape index (κ2) is 7.16. The van der Waals surface area contributed by atoms with Crippen LogP contribution in [-0.2, 0) is 11.3 Å². The van der Waals surface area contributed by atoms with Gasteiger partial charge in [0.1, 0.15) is 22.9 Å². The number of nitrogens with zero attached hydrogens (tertiary/aromatic N) is 4. The monoisotopic (exact) mass is 380 g/mol. The van der Waals surface area contributed by atoms with Crippen LogP contribution in [-0.4, -0.2) is 32.7 Å². The molecule has 4 aromatic rings. The van der Waals surface area contributed by atoms with Gasteiger partial charge in [0, 0.05) is 17.8 Å². The molecule has 0 bridgehead atoms. The zero-order chi connectivity index (χ0) is 18.8. The molecule has 0 amide bonds. The van der Waals surface area contributed by atoms with E-state index in [0.717, 1.165) is 16.3 Å². The minimum absolute atomic E-state index is 0.0775. The topological polar surface area (TPSA) is 78.6 Å². The van der Waals surface area contributed by atoms with Gasteiger partial charge in [-0.2, -0.15) is 5.10 Å². The van der Waals surface area contributed by atoms with Crippen molar-refractivity contribution in [2.24, 2.45) is 0 Å². The summed E-state index contributed by atoms with van der Waals surface area (Å²) in [6, 6.07) is 9.42. The van der Waals surface area contributed by atoms with E-state index in [-0.39, 0.29) is 6.61 Å². The molecule has 136 valence electrons. The van der Waals surface area contributed by atoms with E-state index in [0.29, 0.717) is 22.6 Å². The third-order valence-corrected chi connectivity index (χ3v) is 4.94. The largest absolute Gasteiger partial charge is 0.496 e. The Hall–Kier alpha value is -3.26. The van der Waals surface area contributed by atoms with E-state index in [1.807, 2.05) is 29.6 Å². The smallest absolute Gasteiger partial charge is 0.344 e. The molecule has 0 aliphatic heterocycles. The number of hydrogen-bond acceptors (Lipinski definition) is 7. The Labute approximate surface area is 159 Å². The number of carbonyl (C=O) groups excluding carboxylic acids is 1. The molecule has 3 heterocycles. The van der Waals surface area contributed by atoms with Gasteiger partial charge in [0.05, 0.1) is 24.1 Å². The number of carbonyl (C=O) groups is 1. The average Bonchev–Trinajstić information content (AvgIpc) is 3.29. The highest BCUT2D eigenvalue weighted by Gasteiger charge is 2.20. The van der Waals surface area contributed by atoms with Crippen LogP contribution < -0.4 is 4.74 Å². The minimum Gasteiger partial charge on any atom is -0.496 e. The molecule has 0 fully saturated rings. The molecule has 0 unspecified atom stereocenters. The van der Waals surface area contributed by atoms with Crippen LogP contribution in [0.25, 0.3) is 16.2 Å². The van der Waals surface area contributed by atoms with Gasteiger partial charge in [-0.05, 0) is 25.1 Å². The lowest BCUT2D eigenvalue weighted by Crippen LogP contribution is -2.07. The van der Waals surface area contributed by atoms with Gasteiger partial charge in [-0.1, -0.05) is 12.1 Å². The maximum absolute atomic E-state index is 12.5. The predicted octanol–water partition coefficient (Wildman–Crippen LogP) is 3.53. The number of aryl methyl sites for hydroxylation is 1. The second-order valence-corrected chi connectivity index (χ2v) is 6.63. The summed E-state index contributed by atoms with van der Waals surface area (Å²) >= 11 is 1.48. The van der Waals surface area contributed by atoms with Gasteiger partial charge >= 0.3 is 5.97 Å². The normalized spacial score (nSPS) is 10.9. The molecule has 0 saturated heterocycles. The highest BCUT2D eigenvalue weighted by Crippen LogP contribution is 2.32. The van der Waals surface area contributed by atoms with E-state index in [1.54, 1.807) is 37.0 Å². The first-order valence-electron chi connectivity index (χ1n) is 8.22. The molecular weight excluding hydrogens is 364 g/mol. The lowest BCUT2D eigenvalue weighted by Gasteiger charge is -2.05. The maximum Gasteiger partial charge on any atom is 0.344 e. The molecule has 0 saturated carbocycles. The minimum atomic E-state index is -0.465. The number of thiazole rings is 1. The SMILES string of the molecule is COc1ccccc1-c1nc(COC(=O)c2c(C)nn3cccnc23)cs1. The first kappa shape index (κ1) is 17.2. The summed E-state index contributed by atoms with van der Waals surface area (Å²) in [5.74, 6) is 0.288. The molecule has 8 heteroatoms. The summed E-state index contributed by atoms with van der Waals surface area (Å²) in [6.45, 7) is 1.84. The molecule has 0 radical (unpaired) electrons. The lowest BCUT2D eigenvalue weighted by molar-refractivity contribution is 0.0469. The molecule has 3 aromatic heterocycles. The van der Waals surface area contributed by atoms with Crippen LogP contribution in [0.2, 0.25) is 0 Å². The number of hydrogen-bond donors (Lipinski definition) is 0. The third kappa shape index (κ3) is 3.26.